The molecular formula is C26H24BrClN2O3S. The van der Waals surface area contributed by atoms with Gasteiger partial charge in [0.25, 0.3) is 10.0 Å². The Labute approximate surface area is 213 Å². The predicted molar refractivity (Wildman–Crippen MR) is 140 cm³/mol. The number of sulfonamides is 1. The van der Waals surface area contributed by atoms with Crippen LogP contribution in [0.25, 0.3) is 0 Å². The van der Waals surface area contributed by atoms with Crippen LogP contribution in [0.3, 0.4) is 0 Å². The van der Waals surface area contributed by atoms with Crippen LogP contribution in [-0.2, 0) is 10.0 Å². The largest absolute Gasteiger partial charge is 0.496 e. The van der Waals surface area contributed by atoms with E-state index in [9.17, 15) is 8.42 Å². The molecule has 3 atom stereocenters. The Balaban J connectivity index is 1.52. The average Bonchev–Trinajstić information content (AvgIpc) is 3.31. The average molecular weight is 560 g/mol. The fourth-order valence-corrected chi connectivity index (χ4v) is 6.63. The van der Waals surface area contributed by atoms with Gasteiger partial charge in [-0.15, -0.1) is 0 Å². The van der Waals surface area contributed by atoms with E-state index in [4.69, 9.17) is 16.3 Å². The molecule has 1 aliphatic carbocycles. The zero-order valence-corrected chi connectivity index (χ0v) is 21.8. The van der Waals surface area contributed by atoms with Crippen LogP contribution in [0.15, 0.2) is 76.1 Å². The van der Waals surface area contributed by atoms with Crippen LogP contribution in [0, 0.1) is 12.8 Å². The third-order valence-corrected chi connectivity index (χ3v) is 8.95. The molecule has 8 heteroatoms. The van der Waals surface area contributed by atoms with Crippen LogP contribution in [0.5, 0.6) is 5.75 Å². The highest BCUT2D eigenvalue weighted by molar-refractivity contribution is 9.10. The van der Waals surface area contributed by atoms with E-state index >= 15 is 0 Å². The van der Waals surface area contributed by atoms with E-state index in [0.29, 0.717) is 16.3 Å². The standard InChI is InChI=1S/C26H24BrClN2O3S/c1-15-22(28)7-4-8-23(15)30-34(31,32)17-10-11-24-20(14-17)18-5-3-6-19(18)26(29-24)21-13-16(27)9-12-25(21)33-2/h3-5,7-14,18-19,26,29-30H,6H2,1-2H3/t18-,19+,26-/m0/s1. The first-order chi connectivity index (χ1) is 16.3. The first-order valence-electron chi connectivity index (χ1n) is 11.0. The molecule has 0 bridgehead atoms. The first-order valence-corrected chi connectivity index (χ1v) is 13.6. The number of rotatable bonds is 5. The maximum absolute atomic E-state index is 13.2. The van der Waals surface area contributed by atoms with E-state index in [1.54, 1.807) is 44.4 Å². The maximum Gasteiger partial charge on any atom is 0.261 e. The second-order valence-corrected chi connectivity index (χ2v) is 11.6. The van der Waals surface area contributed by atoms with Gasteiger partial charge < -0.3 is 10.1 Å². The number of nitrogens with one attached hydrogen (secondary N) is 2. The highest BCUT2D eigenvalue weighted by atomic mass is 79.9. The molecule has 5 rings (SSSR count). The fraction of sp³-hybridized carbons (Fsp3) is 0.231. The molecule has 2 N–H and O–H groups in total. The van der Waals surface area contributed by atoms with Gasteiger partial charge in [0, 0.05) is 26.7 Å². The third-order valence-electron chi connectivity index (χ3n) is 6.68. The molecule has 1 heterocycles. The van der Waals surface area contributed by atoms with Gasteiger partial charge in [-0.25, -0.2) is 8.42 Å². The number of halogens is 2. The molecule has 3 aromatic carbocycles. The third kappa shape index (κ3) is 4.10. The quantitative estimate of drug-likeness (QED) is 0.329. The lowest BCUT2D eigenvalue weighted by Crippen LogP contribution is -2.29. The lowest BCUT2D eigenvalue weighted by Gasteiger charge is -2.38. The minimum Gasteiger partial charge on any atom is -0.496 e. The summed E-state index contributed by atoms with van der Waals surface area (Å²) in [7, 11) is -2.10. The lowest BCUT2D eigenvalue weighted by molar-refractivity contribution is 0.381. The van der Waals surface area contributed by atoms with Crippen molar-refractivity contribution in [3.05, 3.63) is 92.9 Å². The molecule has 2 aliphatic rings. The van der Waals surface area contributed by atoms with Crippen molar-refractivity contribution in [1.29, 1.82) is 0 Å². The zero-order chi connectivity index (χ0) is 24.0. The number of hydrogen-bond donors (Lipinski definition) is 2. The molecule has 0 fully saturated rings. The van der Waals surface area contributed by atoms with Crippen LogP contribution in [0.4, 0.5) is 11.4 Å². The number of hydrogen-bond acceptors (Lipinski definition) is 4. The number of benzene rings is 3. The zero-order valence-electron chi connectivity index (χ0n) is 18.7. The molecule has 34 heavy (non-hydrogen) atoms. The van der Waals surface area contributed by atoms with E-state index in [0.717, 1.165) is 33.5 Å². The van der Waals surface area contributed by atoms with Crippen LogP contribution in [0.1, 0.15) is 35.1 Å². The normalized spacial score (nSPS) is 20.9. The van der Waals surface area contributed by atoms with Gasteiger partial charge >= 0.3 is 0 Å². The number of ether oxygens (including phenoxy) is 1. The second kappa shape index (κ2) is 8.95. The Bertz CT molecular complexity index is 1410. The van der Waals surface area contributed by atoms with Crippen LogP contribution < -0.4 is 14.8 Å². The van der Waals surface area contributed by atoms with Crippen LogP contribution in [-0.4, -0.2) is 15.5 Å². The molecule has 5 nitrogen and oxygen atoms in total. The van der Waals surface area contributed by atoms with E-state index < -0.39 is 10.0 Å². The van der Waals surface area contributed by atoms with E-state index in [1.165, 1.54) is 0 Å². The predicted octanol–water partition coefficient (Wildman–Crippen LogP) is 7.05. The van der Waals surface area contributed by atoms with Crippen molar-refractivity contribution in [2.75, 3.05) is 17.1 Å². The van der Waals surface area contributed by atoms with Gasteiger partial charge in [0.15, 0.2) is 0 Å². The number of anilines is 2. The van der Waals surface area contributed by atoms with Crippen LogP contribution in [0.2, 0.25) is 5.02 Å². The minimum atomic E-state index is -3.78. The van der Waals surface area contributed by atoms with Gasteiger partial charge in [-0.2, -0.15) is 0 Å². The van der Waals surface area contributed by atoms with E-state index in [1.807, 2.05) is 18.2 Å². The summed E-state index contributed by atoms with van der Waals surface area (Å²) in [6.07, 6.45) is 5.26. The van der Waals surface area contributed by atoms with E-state index in [2.05, 4.69) is 44.2 Å². The number of methoxy groups -OCH3 is 1. The number of fused-ring (bicyclic) bond motifs is 3. The van der Waals surface area contributed by atoms with Crippen molar-refractivity contribution >= 4 is 48.9 Å². The summed E-state index contributed by atoms with van der Waals surface area (Å²) in [5.74, 6) is 1.18. The van der Waals surface area contributed by atoms with Crippen molar-refractivity contribution in [2.45, 2.75) is 30.2 Å². The van der Waals surface area contributed by atoms with Crippen molar-refractivity contribution < 1.29 is 13.2 Å². The SMILES string of the molecule is COc1ccc(Br)cc1[C@H]1Nc2ccc(S(=O)(=O)Nc3cccc(Cl)c3C)cc2[C@H]2C=CC[C@H]21. The Morgan fingerprint density at radius 2 is 1.94 bits per heavy atom. The Morgan fingerprint density at radius 3 is 2.74 bits per heavy atom. The molecule has 0 radical (unpaired) electrons. The van der Waals surface area contributed by atoms with Gasteiger partial charge in [0.05, 0.1) is 23.7 Å². The number of allylic oxidation sites excluding steroid dienone is 2. The van der Waals surface area contributed by atoms with Crippen molar-refractivity contribution in [1.82, 2.24) is 0 Å². The summed E-state index contributed by atoms with van der Waals surface area (Å²) >= 11 is 9.76. The van der Waals surface area contributed by atoms with Gasteiger partial charge in [0.2, 0.25) is 0 Å². The van der Waals surface area contributed by atoms with Crippen LogP contribution >= 0.6 is 27.5 Å². The molecule has 0 aromatic heterocycles. The molecule has 0 amide bonds. The fourth-order valence-electron chi connectivity index (χ4n) is 4.92. The second-order valence-electron chi connectivity index (χ2n) is 8.63. The van der Waals surface area contributed by atoms with Gasteiger partial charge in [-0.3, -0.25) is 4.72 Å². The van der Waals surface area contributed by atoms with Gasteiger partial charge in [-0.05, 0) is 78.9 Å². The molecular weight excluding hydrogens is 536 g/mol. The summed E-state index contributed by atoms with van der Waals surface area (Å²) < 4.78 is 35.8. The van der Waals surface area contributed by atoms with Gasteiger partial charge in [0.1, 0.15) is 5.75 Å². The first kappa shape index (κ1) is 23.3. The minimum absolute atomic E-state index is 0.0367. The van der Waals surface area contributed by atoms with Gasteiger partial charge in [-0.1, -0.05) is 45.7 Å². The Kier molecular flexibility index (Phi) is 6.12. The molecule has 176 valence electrons. The van der Waals surface area contributed by atoms with E-state index in [-0.39, 0.29) is 22.8 Å². The smallest absolute Gasteiger partial charge is 0.261 e. The van der Waals surface area contributed by atoms with Crippen molar-refractivity contribution in [3.63, 3.8) is 0 Å². The summed E-state index contributed by atoms with van der Waals surface area (Å²) in [5.41, 5.74) is 4.16. The summed E-state index contributed by atoms with van der Waals surface area (Å²) in [5, 5.41) is 4.17. The molecule has 0 saturated heterocycles. The maximum atomic E-state index is 13.2. The Morgan fingerprint density at radius 1 is 1.12 bits per heavy atom. The topological polar surface area (TPSA) is 67.4 Å². The summed E-state index contributed by atoms with van der Waals surface area (Å²) in [4.78, 5) is 0.227. The highest BCUT2D eigenvalue weighted by Crippen LogP contribution is 2.51. The molecule has 1 aliphatic heterocycles. The van der Waals surface area contributed by atoms with Crippen molar-refractivity contribution in [2.24, 2.45) is 5.92 Å². The molecule has 3 aromatic rings. The molecule has 0 unspecified atom stereocenters. The Hall–Kier alpha value is -2.48. The lowest BCUT2D eigenvalue weighted by atomic mass is 9.77. The van der Waals surface area contributed by atoms with Crippen molar-refractivity contribution in [3.8, 4) is 5.75 Å². The monoisotopic (exact) mass is 558 g/mol. The summed E-state index contributed by atoms with van der Waals surface area (Å²) in [6.45, 7) is 1.79. The summed E-state index contributed by atoms with van der Waals surface area (Å²) in [6, 6.07) is 16.5. The molecule has 0 saturated carbocycles. The molecule has 0 spiro atoms. The highest BCUT2D eigenvalue weighted by Gasteiger charge is 2.39.